The summed E-state index contributed by atoms with van der Waals surface area (Å²) < 4.78 is 12.8. The topological polar surface area (TPSA) is 86.5 Å². The highest BCUT2D eigenvalue weighted by atomic mass is 16.5. The van der Waals surface area contributed by atoms with Crippen molar-refractivity contribution in [3.63, 3.8) is 0 Å². The second-order valence-corrected chi connectivity index (χ2v) is 4.74. The van der Waals surface area contributed by atoms with Crippen molar-refractivity contribution in [2.45, 2.75) is 18.9 Å². The summed E-state index contributed by atoms with van der Waals surface area (Å²) in [6.07, 6.45) is 4.38. The van der Waals surface area contributed by atoms with E-state index in [1.54, 1.807) is 17.9 Å². The van der Waals surface area contributed by atoms with Gasteiger partial charge in [-0.1, -0.05) is 0 Å². The molecular weight excluding hydrogens is 262 g/mol. The molecule has 0 atom stereocenters. The lowest BCUT2D eigenvalue weighted by Gasteiger charge is -2.24. The minimum Gasteiger partial charge on any atom is -0.488 e. The second-order valence-electron chi connectivity index (χ2n) is 4.74. The molecule has 0 aromatic carbocycles. The Hall–Kier alpha value is -2.15. The van der Waals surface area contributed by atoms with Crippen LogP contribution in [-0.4, -0.2) is 45.2 Å². The van der Waals surface area contributed by atoms with Crippen LogP contribution in [0.5, 0.6) is 5.75 Å². The van der Waals surface area contributed by atoms with Gasteiger partial charge in [0.2, 0.25) is 0 Å². The van der Waals surface area contributed by atoms with Gasteiger partial charge in [0.1, 0.15) is 17.4 Å². The molecule has 7 nitrogen and oxygen atoms in total. The molecule has 106 valence electrons. The van der Waals surface area contributed by atoms with Gasteiger partial charge in [-0.25, -0.2) is 9.78 Å². The number of carbonyl (C=O) groups is 1. The first kappa shape index (κ1) is 12.9. The first-order chi connectivity index (χ1) is 9.66. The summed E-state index contributed by atoms with van der Waals surface area (Å²) in [6.45, 7) is 1.27. The second kappa shape index (κ2) is 5.09. The van der Waals surface area contributed by atoms with E-state index in [0.29, 0.717) is 30.0 Å². The van der Waals surface area contributed by atoms with Gasteiger partial charge in [0.25, 0.3) is 0 Å². The molecule has 1 fully saturated rings. The lowest BCUT2D eigenvalue weighted by atomic mass is 10.1. The van der Waals surface area contributed by atoms with Crippen LogP contribution in [0.25, 0.3) is 11.0 Å². The van der Waals surface area contributed by atoms with Crippen molar-refractivity contribution < 1.29 is 19.4 Å². The van der Waals surface area contributed by atoms with Crippen LogP contribution < -0.4 is 4.74 Å². The number of rotatable bonds is 3. The van der Waals surface area contributed by atoms with Gasteiger partial charge in [0.15, 0.2) is 5.65 Å². The molecule has 7 heteroatoms. The quantitative estimate of drug-likeness (QED) is 0.907. The molecule has 3 rings (SSSR count). The number of aromatic carboxylic acids is 1. The molecule has 2 aromatic rings. The van der Waals surface area contributed by atoms with Crippen molar-refractivity contribution in [3.8, 4) is 5.75 Å². The highest BCUT2D eigenvalue weighted by Crippen LogP contribution is 2.30. The van der Waals surface area contributed by atoms with Crippen molar-refractivity contribution in [1.82, 2.24) is 14.8 Å². The smallest absolute Gasteiger partial charge is 0.341 e. The zero-order valence-corrected chi connectivity index (χ0v) is 11.1. The summed E-state index contributed by atoms with van der Waals surface area (Å²) in [5.41, 5.74) is 0.675. The lowest BCUT2D eigenvalue weighted by Crippen LogP contribution is -2.26. The van der Waals surface area contributed by atoms with Crippen molar-refractivity contribution in [3.05, 3.63) is 18.0 Å². The van der Waals surface area contributed by atoms with E-state index in [9.17, 15) is 9.90 Å². The normalized spacial score (nSPS) is 16.4. The molecular formula is C13H15N3O4. The van der Waals surface area contributed by atoms with Crippen molar-refractivity contribution >= 4 is 17.0 Å². The van der Waals surface area contributed by atoms with Crippen LogP contribution in [0.15, 0.2) is 12.4 Å². The first-order valence-electron chi connectivity index (χ1n) is 6.45. The van der Waals surface area contributed by atoms with Gasteiger partial charge >= 0.3 is 5.97 Å². The van der Waals surface area contributed by atoms with Gasteiger partial charge in [-0.3, -0.25) is 4.68 Å². The van der Waals surface area contributed by atoms with E-state index in [1.807, 2.05) is 0 Å². The van der Waals surface area contributed by atoms with Gasteiger partial charge in [0.05, 0.1) is 24.8 Å². The first-order valence-corrected chi connectivity index (χ1v) is 6.45. The van der Waals surface area contributed by atoms with E-state index in [4.69, 9.17) is 9.47 Å². The van der Waals surface area contributed by atoms with Crippen molar-refractivity contribution in [1.29, 1.82) is 0 Å². The standard InChI is InChI=1S/C13H15N3O4/c1-16-12-9(7-15-16)11(10(6-14-12)13(17)18)20-8-2-4-19-5-3-8/h6-8H,2-5H2,1H3,(H,17,18). The van der Waals surface area contributed by atoms with Crippen LogP contribution in [-0.2, 0) is 11.8 Å². The number of carboxylic acid groups (broad SMARTS) is 1. The summed E-state index contributed by atoms with van der Waals surface area (Å²) in [5, 5.41) is 14.0. The Morgan fingerprint density at radius 3 is 2.90 bits per heavy atom. The minimum absolute atomic E-state index is 0.0346. The molecule has 0 saturated carbocycles. The fourth-order valence-corrected chi connectivity index (χ4v) is 2.31. The largest absolute Gasteiger partial charge is 0.488 e. The Kier molecular flexibility index (Phi) is 3.27. The fourth-order valence-electron chi connectivity index (χ4n) is 2.31. The molecule has 0 amide bonds. The monoisotopic (exact) mass is 277 g/mol. The van der Waals surface area contributed by atoms with Gasteiger partial charge in [-0.15, -0.1) is 0 Å². The molecule has 0 radical (unpaired) electrons. The maximum atomic E-state index is 11.3. The molecule has 0 spiro atoms. The van der Waals surface area contributed by atoms with Crippen LogP contribution >= 0.6 is 0 Å². The summed E-state index contributed by atoms with van der Waals surface area (Å²) in [6, 6.07) is 0. The number of hydrogen-bond donors (Lipinski definition) is 1. The highest BCUT2D eigenvalue weighted by Gasteiger charge is 2.23. The fraction of sp³-hybridized carbons (Fsp3) is 0.462. The van der Waals surface area contributed by atoms with E-state index < -0.39 is 5.97 Å². The Bertz CT molecular complexity index is 646. The molecule has 1 saturated heterocycles. The maximum absolute atomic E-state index is 11.3. The van der Waals surface area contributed by atoms with Crippen LogP contribution in [0.3, 0.4) is 0 Å². The average Bonchev–Trinajstić information content (AvgIpc) is 2.82. The van der Waals surface area contributed by atoms with Crippen LogP contribution in [0.4, 0.5) is 0 Å². The Morgan fingerprint density at radius 1 is 1.45 bits per heavy atom. The lowest BCUT2D eigenvalue weighted by molar-refractivity contribution is 0.0254. The molecule has 1 N–H and O–H groups in total. The number of hydrogen-bond acceptors (Lipinski definition) is 5. The van der Waals surface area contributed by atoms with Crippen LogP contribution in [0.2, 0.25) is 0 Å². The molecule has 0 bridgehead atoms. The van der Waals surface area contributed by atoms with Crippen LogP contribution in [0.1, 0.15) is 23.2 Å². The van der Waals surface area contributed by atoms with Crippen molar-refractivity contribution in [2.24, 2.45) is 7.05 Å². The average molecular weight is 277 g/mol. The third-order valence-corrected chi connectivity index (χ3v) is 3.40. The van der Waals surface area contributed by atoms with Crippen molar-refractivity contribution in [2.75, 3.05) is 13.2 Å². The predicted octanol–water partition coefficient (Wildman–Crippen LogP) is 1.22. The Morgan fingerprint density at radius 2 is 2.20 bits per heavy atom. The van der Waals surface area contributed by atoms with E-state index in [-0.39, 0.29) is 11.7 Å². The third kappa shape index (κ3) is 2.20. The van der Waals surface area contributed by atoms with Gasteiger partial charge < -0.3 is 14.6 Å². The SMILES string of the molecule is Cn1ncc2c(OC3CCOCC3)c(C(=O)O)cnc21. The number of pyridine rings is 1. The molecule has 1 aliphatic heterocycles. The summed E-state index contributed by atoms with van der Waals surface area (Å²) in [4.78, 5) is 15.5. The van der Waals surface area contributed by atoms with Gasteiger partial charge in [-0.2, -0.15) is 5.10 Å². The Labute approximate surface area is 115 Å². The van der Waals surface area contributed by atoms with Gasteiger partial charge in [0, 0.05) is 26.1 Å². The summed E-state index contributed by atoms with van der Waals surface area (Å²) >= 11 is 0. The molecule has 3 heterocycles. The van der Waals surface area contributed by atoms with Crippen LogP contribution in [0, 0.1) is 0 Å². The summed E-state index contributed by atoms with van der Waals surface area (Å²) in [7, 11) is 1.76. The number of nitrogens with zero attached hydrogens (tertiary/aromatic N) is 3. The number of carboxylic acids is 1. The Balaban J connectivity index is 2.04. The molecule has 20 heavy (non-hydrogen) atoms. The molecule has 0 unspecified atom stereocenters. The number of aryl methyl sites for hydroxylation is 1. The number of fused-ring (bicyclic) bond motifs is 1. The third-order valence-electron chi connectivity index (χ3n) is 3.40. The maximum Gasteiger partial charge on any atom is 0.341 e. The zero-order chi connectivity index (χ0) is 14.1. The predicted molar refractivity (Wildman–Crippen MR) is 69.9 cm³/mol. The van der Waals surface area contributed by atoms with E-state index in [1.165, 1.54) is 6.20 Å². The number of ether oxygens (including phenoxy) is 2. The zero-order valence-electron chi connectivity index (χ0n) is 11.1. The molecule has 2 aromatic heterocycles. The molecule has 1 aliphatic rings. The van der Waals surface area contributed by atoms with E-state index >= 15 is 0 Å². The van der Waals surface area contributed by atoms with Gasteiger partial charge in [-0.05, 0) is 0 Å². The highest BCUT2D eigenvalue weighted by molar-refractivity contribution is 5.97. The summed E-state index contributed by atoms with van der Waals surface area (Å²) in [5.74, 6) is -0.701. The molecule has 0 aliphatic carbocycles. The number of aromatic nitrogens is 3. The minimum atomic E-state index is -1.05. The van der Waals surface area contributed by atoms with E-state index in [0.717, 1.165) is 12.8 Å². The van der Waals surface area contributed by atoms with E-state index in [2.05, 4.69) is 10.1 Å².